The fraction of sp³-hybridized carbons (Fsp3) is 0.278. The normalized spacial score (nSPS) is 19.0. The third-order valence-electron chi connectivity index (χ3n) is 4.45. The number of hydrogen-bond acceptors (Lipinski definition) is 1. The molecule has 106 valence electrons. The lowest BCUT2D eigenvalue weighted by Crippen LogP contribution is -2.03. The number of carbonyl (C=O) groups excluding carboxylic acids is 1. The molecule has 0 bridgehead atoms. The number of hydrogen-bond donors (Lipinski definition) is 1. The van der Waals surface area contributed by atoms with E-state index in [0.29, 0.717) is 6.04 Å². The average molecular weight is 278 g/mol. The number of aryl methyl sites for hydroxylation is 1. The Morgan fingerprint density at radius 3 is 2.76 bits per heavy atom. The van der Waals surface area contributed by atoms with Gasteiger partial charge in [0.15, 0.2) is 0 Å². The molecule has 2 heterocycles. The van der Waals surface area contributed by atoms with Crippen LogP contribution in [0.4, 0.5) is 5.69 Å². The third-order valence-corrected chi connectivity index (χ3v) is 4.45. The third kappa shape index (κ3) is 1.92. The van der Waals surface area contributed by atoms with Gasteiger partial charge in [-0.3, -0.25) is 4.79 Å². The number of rotatable bonds is 2. The summed E-state index contributed by atoms with van der Waals surface area (Å²) in [5, 5.41) is 2.93. The van der Waals surface area contributed by atoms with Crippen LogP contribution in [0.2, 0.25) is 0 Å². The second-order valence-electron chi connectivity index (χ2n) is 5.99. The summed E-state index contributed by atoms with van der Waals surface area (Å²) in [6.45, 7) is 4.30. The van der Waals surface area contributed by atoms with Crippen molar-refractivity contribution in [1.82, 2.24) is 4.57 Å². The van der Waals surface area contributed by atoms with E-state index in [0.717, 1.165) is 22.4 Å². The second kappa shape index (κ2) is 4.35. The van der Waals surface area contributed by atoms with E-state index in [4.69, 9.17) is 0 Å². The van der Waals surface area contributed by atoms with Gasteiger partial charge in [0.2, 0.25) is 0 Å². The number of amides is 1. The van der Waals surface area contributed by atoms with Crippen molar-refractivity contribution < 1.29 is 4.79 Å². The zero-order valence-corrected chi connectivity index (χ0v) is 12.3. The molecule has 0 radical (unpaired) electrons. The van der Waals surface area contributed by atoms with Crippen LogP contribution in [-0.2, 0) is 4.79 Å². The van der Waals surface area contributed by atoms with Crippen molar-refractivity contribution in [3.8, 4) is 0 Å². The van der Waals surface area contributed by atoms with Crippen molar-refractivity contribution in [2.45, 2.75) is 32.7 Å². The van der Waals surface area contributed by atoms with E-state index in [-0.39, 0.29) is 5.91 Å². The molecule has 2 aliphatic rings. The van der Waals surface area contributed by atoms with Gasteiger partial charge in [-0.15, -0.1) is 0 Å². The Kier molecular flexibility index (Phi) is 2.58. The SMILES string of the molecule is Cc1cc(/C=C2\C(=O)Nc3ccccc32)c(C)n1C1CC1. The first-order chi connectivity index (χ1) is 10.1. The molecule has 2 aromatic rings. The van der Waals surface area contributed by atoms with E-state index in [9.17, 15) is 4.79 Å². The maximum atomic E-state index is 12.2. The molecule has 0 saturated heterocycles. The van der Waals surface area contributed by atoms with E-state index < -0.39 is 0 Å². The molecule has 1 aliphatic heterocycles. The first-order valence-corrected chi connectivity index (χ1v) is 7.46. The largest absolute Gasteiger partial charge is 0.346 e. The molecular weight excluding hydrogens is 260 g/mol. The van der Waals surface area contributed by atoms with Crippen molar-refractivity contribution in [3.05, 3.63) is 52.8 Å². The Balaban J connectivity index is 1.82. The molecule has 3 nitrogen and oxygen atoms in total. The van der Waals surface area contributed by atoms with E-state index in [1.165, 1.54) is 24.2 Å². The number of fused-ring (bicyclic) bond motifs is 1. The zero-order chi connectivity index (χ0) is 14.6. The molecule has 1 saturated carbocycles. The summed E-state index contributed by atoms with van der Waals surface area (Å²) in [6, 6.07) is 10.7. The topological polar surface area (TPSA) is 34.0 Å². The Morgan fingerprint density at radius 1 is 1.24 bits per heavy atom. The van der Waals surface area contributed by atoms with E-state index >= 15 is 0 Å². The number of aromatic nitrogens is 1. The van der Waals surface area contributed by atoms with Gasteiger partial charge in [0.1, 0.15) is 0 Å². The minimum atomic E-state index is -0.00701. The molecule has 0 atom stereocenters. The lowest BCUT2D eigenvalue weighted by Gasteiger charge is -2.06. The number of para-hydroxylation sites is 1. The van der Waals surface area contributed by atoms with Gasteiger partial charge >= 0.3 is 0 Å². The predicted molar refractivity (Wildman–Crippen MR) is 85.1 cm³/mol. The van der Waals surface area contributed by atoms with Crippen LogP contribution in [-0.4, -0.2) is 10.5 Å². The van der Waals surface area contributed by atoms with Gasteiger partial charge in [0.25, 0.3) is 5.91 Å². The van der Waals surface area contributed by atoms with Gasteiger partial charge < -0.3 is 9.88 Å². The summed E-state index contributed by atoms with van der Waals surface area (Å²) >= 11 is 0. The standard InChI is InChI=1S/C18H18N2O/c1-11-9-13(12(2)20(11)14-7-8-14)10-16-15-5-3-4-6-17(15)19-18(16)21/h3-6,9-10,14H,7-8H2,1-2H3,(H,19,21)/b16-10-. The quantitative estimate of drug-likeness (QED) is 0.830. The van der Waals surface area contributed by atoms with Gasteiger partial charge in [-0.25, -0.2) is 0 Å². The highest BCUT2D eigenvalue weighted by atomic mass is 16.2. The maximum Gasteiger partial charge on any atom is 0.256 e. The summed E-state index contributed by atoms with van der Waals surface area (Å²) in [7, 11) is 0. The molecule has 1 aliphatic carbocycles. The smallest absolute Gasteiger partial charge is 0.256 e. The van der Waals surface area contributed by atoms with E-state index in [1.807, 2.05) is 30.3 Å². The average Bonchev–Trinajstić information content (AvgIpc) is 3.18. The van der Waals surface area contributed by atoms with Crippen molar-refractivity contribution in [2.75, 3.05) is 5.32 Å². The van der Waals surface area contributed by atoms with Crippen LogP contribution in [0.15, 0.2) is 30.3 Å². The molecule has 0 unspecified atom stereocenters. The van der Waals surface area contributed by atoms with Gasteiger partial charge in [-0.2, -0.15) is 0 Å². The van der Waals surface area contributed by atoms with Crippen LogP contribution in [0.25, 0.3) is 11.6 Å². The number of anilines is 1. The van der Waals surface area contributed by atoms with E-state index in [1.54, 1.807) is 0 Å². The molecule has 1 aromatic carbocycles. The molecule has 21 heavy (non-hydrogen) atoms. The second-order valence-corrected chi connectivity index (χ2v) is 5.99. The Morgan fingerprint density at radius 2 is 2.00 bits per heavy atom. The summed E-state index contributed by atoms with van der Waals surface area (Å²) in [6.07, 6.45) is 4.58. The number of nitrogens with one attached hydrogen (secondary N) is 1. The Labute approximate surface area is 124 Å². The summed E-state index contributed by atoms with van der Waals surface area (Å²) in [5.41, 5.74) is 6.37. The van der Waals surface area contributed by atoms with E-state index in [2.05, 4.69) is 29.8 Å². The zero-order valence-electron chi connectivity index (χ0n) is 12.3. The van der Waals surface area contributed by atoms with Gasteiger partial charge in [0.05, 0.1) is 0 Å². The molecule has 1 aromatic heterocycles. The minimum Gasteiger partial charge on any atom is -0.346 e. The number of nitrogens with zero attached hydrogens (tertiary/aromatic N) is 1. The minimum absolute atomic E-state index is 0.00701. The highest BCUT2D eigenvalue weighted by Crippen LogP contribution is 2.39. The van der Waals surface area contributed by atoms with Crippen LogP contribution in [0.3, 0.4) is 0 Å². The Hall–Kier alpha value is -2.29. The van der Waals surface area contributed by atoms with Crippen LogP contribution >= 0.6 is 0 Å². The van der Waals surface area contributed by atoms with Crippen LogP contribution < -0.4 is 5.32 Å². The summed E-state index contributed by atoms with van der Waals surface area (Å²) in [4.78, 5) is 12.2. The van der Waals surface area contributed by atoms with Gasteiger partial charge in [-0.05, 0) is 50.5 Å². The van der Waals surface area contributed by atoms with Crippen LogP contribution in [0.1, 0.15) is 41.4 Å². The molecule has 1 fully saturated rings. The fourth-order valence-corrected chi connectivity index (χ4v) is 3.28. The van der Waals surface area contributed by atoms with Crippen molar-refractivity contribution >= 4 is 23.2 Å². The molecule has 1 N–H and O–H groups in total. The molecule has 3 heteroatoms. The summed E-state index contributed by atoms with van der Waals surface area (Å²) in [5.74, 6) is -0.00701. The molecular formula is C18H18N2O. The highest BCUT2D eigenvalue weighted by molar-refractivity contribution is 6.34. The number of carbonyl (C=O) groups is 1. The van der Waals surface area contributed by atoms with Crippen molar-refractivity contribution in [3.63, 3.8) is 0 Å². The molecule has 0 spiro atoms. The maximum absolute atomic E-state index is 12.2. The van der Waals surface area contributed by atoms with Gasteiger partial charge in [0, 0.05) is 34.3 Å². The first kappa shape index (κ1) is 12.5. The summed E-state index contributed by atoms with van der Waals surface area (Å²) < 4.78 is 2.41. The highest BCUT2D eigenvalue weighted by Gasteiger charge is 2.28. The fourth-order valence-electron chi connectivity index (χ4n) is 3.28. The monoisotopic (exact) mass is 278 g/mol. The first-order valence-electron chi connectivity index (χ1n) is 7.46. The van der Waals surface area contributed by atoms with Crippen LogP contribution in [0, 0.1) is 13.8 Å². The van der Waals surface area contributed by atoms with Crippen molar-refractivity contribution in [1.29, 1.82) is 0 Å². The van der Waals surface area contributed by atoms with Crippen molar-refractivity contribution in [2.24, 2.45) is 0 Å². The van der Waals surface area contributed by atoms with Gasteiger partial charge in [-0.1, -0.05) is 18.2 Å². The lowest BCUT2D eigenvalue weighted by molar-refractivity contribution is -0.110. The molecule has 1 amide bonds. The predicted octanol–water partition coefficient (Wildman–Crippen LogP) is 3.93. The number of benzene rings is 1. The Bertz CT molecular complexity index is 779. The molecule has 4 rings (SSSR count). The lowest BCUT2D eigenvalue weighted by atomic mass is 10.0. The van der Waals surface area contributed by atoms with Crippen LogP contribution in [0.5, 0.6) is 0 Å².